The molecular formula is C12H20N2OS. The second-order valence-electron chi connectivity index (χ2n) is 3.99. The van der Waals surface area contributed by atoms with Crippen LogP contribution in [0.3, 0.4) is 0 Å². The van der Waals surface area contributed by atoms with Gasteiger partial charge in [-0.15, -0.1) is 12.6 Å². The normalized spacial score (nSPS) is 12.1. The molecule has 0 unspecified atom stereocenters. The van der Waals surface area contributed by atoms with Crippen molar-refractivity contribution in [1.82, 2.24) is 4.73 Å². The third kappa shape index (κ3) is 3.93. The third-order valence-electron chi connectivity index (χ3n) is 2.46. The number of pyridine rings is 1. The molecule has 16 heavy (non-hydrogen) atoms. The molecule has 4 heteroatoms. The summed E-state index contributed by atoms with van der Waals surface area (Å²) in [4.78, 5) is 5.14. The second kappa shape index (κ2) is 6.63. The van der Waals surface area contributed by atoms with Crippen LogP contribution >= 0.6 is 12.6 Å². The van der Waals surface area contributed by atoms with Gasteiger partial charge in [0.05, 0.1) is 6.20 Å². The van der Waals surface area contributed by atoms with Crippen molar-refractivity contribution in [3.63, 3.8) is 0 Å². The van der Waals surface area contributed by atoms with Crippen LogP contribution in [0.25, 0.3) is 0 Å². The van der Waals surface area contributed by atoms with Crippen molar-refractivity contribution in [2.45, 2.75) is 44.4 Å². The van der Waals surface area contributed by atoms with Crippen LogP contribution in [0.5, 0.6) is 0 Å². The molecule has 1 heterocycles. The summed E-state index contributed by atoms with van der Waals surface area (Å²) in [6.07, 6.45) is 6.32. The van der Waals surface area contributed by atoms with Crippen LogP contribution in [0.1, 0.15) is 38.2 Å². The van der Waals surface area contributed by atoms with E-state index in [1.54, 1.807) is 6.20 Å². The summed E-state index contributed by atoms with van der Waals surface area (Å²) in [5.74, 6) is 0. The van der Waals surface area contributed by atoms with Gasteiger partial charge in [-0.25, -0.2) is 0 Å². The van der Waals surface area contributed by atoms with Crippen LogP contribution in [-0.4, -0.2) is 16.5 Å². The molecule has 0 aliphatic heterocycles. The van der Waals surface area contributed by atoms with E-state index < -0.39 is 0 Å². The zero-order chi connectivity index (χ0) is 12.0. The van der Waals surface area contributed by atoms with Crippen molar-refractivity contribution in [2.24, 2.45) is 4.99 Å². The van der Waals surface area contributed by atoms with Crippen LogP contribution in [-0.2, 0) is 0 Å². The minimum atomic E-state index is 0.634. The highest BCUT2D eigenvalue weighted by molar-refractivity contribution is 7.80. The molecule has 1 rings (SSSR count). The number of thiol groups is 1. The highest BCUT2D eigenvalue weighted by Gasteiger charge is 1.97. The predicted octanol–water partition coefficient (Wildman–Crippen LogP) is 2.80. The maximum absolute atomic E-state index is 9.65. The fraction of sp³-hybridized carbons (Fsp3) is 0.583. The Balaban J connectivity index is 2.68. The zero-order valence-electron chi connectivity index (χ0n) is 9.98. The van der Waals surface area contributed by atoms with Crippen LogP contribution in [0.15, 0.2) is 22.2 Å². The first-order valence-electron chi connectivity index (χ1n) is 5.77. The van der Waals surface area contributed by atoms with Gasteiger partial charge in [-0.1, -0.05) is 26.2 Å². The molecule has 0 aromatic carbocycles. The molecule has 90 valence electrons. The quantitative estimate of drug-likeness (QED) is 0.463. The lowest BCUT2D eigenvalue weighted by Gasteiger charge is -2.03. The van der Waals surface area contributed by atoms with Gasteiger partial charge < -0.3 is 5.21 Å². The average molecular weight is 240 g/mol. The van der Waals surface area contributed by atoms with Gasteiger partial charge in [-0.3, -0.25) is 4.99 Å². The summed E-state index contributed by atoms with van der Waals surface area (Å²) >= 11 is 4.19. The Hall–Kier alpha value is -0.900. The van der Waals surface area contributed by atoms with E-state index in [0.29, 0.717) is 5.49 Å². The zero-order valence-corrected chi connectivity index (χ0v) is 10.9. The molecule has 0 bridgehead atoms. The average Bonchev–Trinajstić information content (AvgIpc) is 2.20. The molecule has 0 radical (unpaired) electrons. The van der Waals surface area contributed by atoms with Gasteiger partial charge in [0, 0.05) is 11.4 Å². The Morgan fingerprint density at radius 1 is 1.38 bits per heavy atom. The number of hydrogen-bond donors (Lipinski definition) is 2. The van der Waals surface area contributed by atoms with Crippen LogP contribution < -0.4 is 5.49 Å². The van der Waals surface area contributed by atoms with E-state index in [0.717, 1.165) is 28.2 Å². The van der Waals surface area contributed by atoms with E-state index in [9.17, 15) is 5.21 Å². The maximum Gasteiger partial charge on any atom is 0.166 e. The van der Waals surface area contributed by atoms with E-state index in [4.69, 9.17) is 0 Å². The Bertz CT molecular complexity index is 372. The second-order valence-corrected chi connectivity index (χ2v) is 4.51. The summed E-state index contributed by atoms with van der Waals surface area (Å²) in [5.41, 5.74) is 1.58. The predicted molar refractivity (Wildman–Crippen MR) is 68.2 cm³/mol. The van der Waals surface area contributed by atoms with Crippen molar-refractivity contribution >= 4 is 12.6 Å². The molecular weight excluding hydrogens is 220 g/mol. The smallest absolute Gasteiger partial charge is 0.166 e. The van der Waals surface area contributed by atoms with Gasteiger partial charge in [-0.05, 0) is 25.0 Å². The van der Waals surface area contributed by atoms with E-state index in [1.165, 1.54) is 19.3 Å². The summed E-state index contributed by atoms with van der Waals surface area (Å²) in [7, 11) is 0. The first-order chi connectivity index (χ1) is 7.65. The Morgan fingerprint density at radius 3 is 2.75 bits per heavy atom. The number of aromatic nitrogens is 1. The van der Waals surface area contributed by atoms with Gasteiger partial charge in [0.2, 0.25) is 0 Å². The summed E-state index contributed by atoms with van der Waals surface area (Å²) in [5, 5.41) is 9.65. The molecule has 1 aromatic heterocycles. The van der Waals surface area contributed by atoms with Gasteiger partial charge in [0.15, 0.2) is 5.49 Å². The van der Waals surface area contributed by atoms with Crippen molar-refractivity contribution in [3.8, 4) is 0 Å². The minimum Gasteiger partial charge on any atom is -0.427 e. The van der Waals surface area contributed by atoms with Gasteiger partial charge in [0.25, 0.3) is 0 Å². The lowest BCUT2D eigenvalue weighted by molar-refractivity contribution is 0.168. The lowest BCUT2D eigenvalue weighted by atomic mass is 10.2. The molecule has 0 atom stereocenters. The molecule has 1 N–H and O–H groups in total. The summed E-state index contributed by atoms with van der Waals surface area (Å²) in [6, 6.07) is 1.90. The molecule has 3 nitrogen and oxygen atoms in total. The SMILES string of the molecule is CCCCCCN=c1c(C)cc(S)cn1O. The van der Waals surface area contributed by atoms with E-state index in [2.05, 4.69) is 24.5 Å². The minimum absolute atomic E-state index is 0.634. The Morgan fingerprint density at radius 2 is 2.12 bits per heavy atom. The van der Waals surface area contributed by atoms with Gasteiger partial charge in [-0.2, -0.15) is 4.73 Å². The van der Waals surface area contributed by atoms with Crippen LogP contribution in [0, 0.1) is 6.92 Å². The van der Waals surface area contributed by atoms with Crippen molar-refractivity contribution in [1.29, 1.82) is 0 Å². The van der Waals surface area contributed by atoms with Gasteiger partial charge >= 0.3 is 0 Å². The van der Waals surface area contributed by atoms with E-state index in [-0.39, 0.29) is 0 Å². The topological polar surface area (TPSA) is 37.5 Å². The largest absolute Gasteiger partial charge is 0.427 e. The summed E-state index contributed by atoms with van der Waals surface area (Å²) < 4.78 is 1.05. The molecule has 0 fully saturated rings. The lowest BCUT2D eigenvalue weighted by Crippen LogP contribution is -2.22. The van der Waals surface area contributed by atoms with Gasteiger partial charge in [0.1, 0.15) is 0 Å². The fourth-order valence-electron chi connectivity index (χ4n) is 1.61. The van der Waals surface area contributed by atoms with E-state index in [1.807, 2.05) is 13.0 Å². The third-order valence-corrected chi connectivity index (χ3v) is 2.71. The van der Waals surface area contributed by atoms with Crippen LogP contribution in [0.4, 0.5) is 0 Å². The monoisotopic (exact) mass is 240 g/mol. The summed E-state index contributed by atoms with van der Waals surface area (Å²) in [6.45, 7) is 4.89. The maximum atomic E-state index is 9.65. The number of unbranched alkanes of at least 4 members (excludes halogenated alkanes) is 3. The molecule has 1 aromatic rings. The number of hydrogen-bond acceptors (Lipinski definition) is 3. The van der Waals surface area contributed by atoms with E-state index >= 15 is 0 Å². The van der Waals surface area contributed by atoms with Crippen molar-refractivity contribution < 1.29 is 5.21 Å². The first kappa shape index (κ1) is 13.2. The Kier molecular flexibility index (Phi) is 5.46. The van der Waals surface area contributed by atoms with Crippen molar-refractivity contribution in [3.05, 3.63) is 23.3 Å². The number of nitrogens with zero attached hydrogens (tertiary/aromatic N) is 2. The fourth-order valence-corrected chi connectivity index (χ4v) is 1.91. The van der Waals surface area contributed by atoms with Crippen LogP contribution in [0.2, 0.25) is 0 Å². The molecule has 0 amide bonds. The molecule has 0 saturated carbocycles. The first-order valence-corrected chi connectivity index (χ1v) is 6.22. The Labute approximate surface area is 102 Å². The highest BCUT2D eigenvalue weighted by Crippen LogP contribution is 2.03. The molecule has 0 spiro atoms. The molecule has 0 aliphatic carbocycles. The number of rotatable bonds is 5. The number of aryl methyl sites for hydroxylation is 1. The highest BCUT2D eigenvalue weighted by atomic mass is 32.1. The molecule has 0 aliphatic rings. The standard InChI is InChI=1S/C12H20N2OS/c1-3-4-5-6-7-13-12-10(2)8-11(16)9-14(12)15/h8-9,15-16H,3-7H2,1-2H3. The molecule has 0 saturated heterocycles. The van der Waals surface area contributed by atoms with Crippen molar-refractivity contribution in [2.75, 3.05) is 6.54 Å².